The van der Waals surface area contributed by atoms with Gasteiger partial charge in [0.15, 0.2) is 5.78 Å². The molecule has 0 bridgehead atoms. The number of hydrogen-bond acceptors (Lipinski definition) is 4. The van der Waals surface area contributed by atoms with Gasteiger partial charge in [0.1, 0.15) is 11.0 Å². The van der Waals surface area contributed by atoms with Gasteiger partial charge in [-0.2, -0.15) is 0 Å². The molecule has 0 unspecified atom stereocenters. The largest absolute Gasteiger partial charge is 0.465 e. The van der Waals surface area contributed by atoms with E-state index < -0.39 is 17.0 Å². The average molecular weight is 244 g/mol. The second-order valence-corrected chi connectivity index (χ2v) is 4.58. The van der Waals surface area contributed by atoms with Crippen LogP contribution in [0.2, 0.25) is 0 Å². The third-order valence-corrected chi connectivity index (χ3v) is 3.30. The van der Waals surface area contributed by atoms with E-state index >= 15 is 0 Å². The number of carbonyl (C=O) groups is 2. The van der Waals surface area contributed by atoms with Crippen LogP contribution in [0, 0.1) is 5.41 Å². The first-order valence-electron chi connectivity index (χ1n) is 6.09. The van der Waals surface area contributed by atoms with Crippen molar-refractivity contribution in [2.75, 3.05) is 13.7 Å². The molecule has 100 valence electrons. The van der Waals surface area contributed by atoms with Crippen molar-refractivity contribution >= 4 is 11.8 Å². The van der Waals surface area contributed by atoms with E-state index in [0.29, 0.717) is 12.8 Å². The van der Waals surface area contributed by atoms with E-state index in [1.807, 2.05) is 13.8 Å². The number of Topliss-reactive ketones (excluding diaryl/α,β-unsaturated/α-hetero) is 1. The van der Waals surface area contributed by atoms with E-state index in [-0.39, 0.29) is 12.4 Å². The maximum absolute atomic E-state index is 12.5. The van der Waals surface area contributed by atoms with Gasteiger partial charge in [-0.05, 0) is 33.6 Å². The van der Waals surface area contributed by atoms with Crippen molar-refractivity contribution in [1.82, 2.24) is 0 Å². The third kappa shape index (κ3) is 3.06. The third-order valence-electron chi connectivity index (χ3n) is 3.30. The minimum atomic E-state index is -1.17. The second-order valence-electron chi connectivity index (χ2n) is 4.58. The van der Waals surface area contributed by atoms with Crippen LogP contribution < -0.4 is 0 Å². The van der Waals surface area contributed by atoms with Gasteiger partial charge in [-0.1, -0.05) is 13.8 Å². The minimum Gasteiger partial charge on any atom is -0.465 e. The van der Waals surface area contributed by atoms with Crippen molar-refractivity contribution in [3.05, 3.63) is 0 Å². The van der Waals surface area contributed by atoms with Gasteiger partial charge < -0.3 is 9.47 Å². The SMILES string of the molecule is CCOC(=O)C(C)(C)C(=O)C(CC)(CC)OC. The molecule has 0 aromatic heterocycles. The first-order chi connectivity index (χ1) is 7.82. The molecule has 0 aliphatic heterocycles. The summed E-state index contributed by atoms with van der Waals surface area (Å²) < 4.78 is 10.3. The van der Waals surface area contributed by atoms with E-state index in [2.05, 4.69) is 0 Å². The highest BCUT2D eigenvalue weighted by Crippen LogP contribution is 2.32. The van der Waals surface area contributed by atoms with Gasteiger partial charge in [0.25, 0.3) is 0 Å². The zero-order chi connectivity index (χ0) is 13.7. The molecule has 0 radical (unpaired) electrons. The van der Waals surface area contributed by atoms with E-state index in [9.17, 15) is 9.59 Å². The monoisotopic (exact) mass is 244 g/mol. The molecule has 4 nitrogen and oxygen atoms in total. The molecular formula is C13H24O4. The standard InChI is InChI=1S/C13H24O4/c1-7-13(8-2,16-6)10(14)12(4,5)11(15)17-9-3/h7-9H2,1-6H3. The zero-order valence-corrected chi connectivity index (χ0v) is 11.8. The number of hydrogen-bond donors (Lipinski definition) is 0. The highest BCUT2D eigenvalue weighted by atomic mass is 16.5. The lowest BCUT2D eigenvalue weighted by Gasteiger charge is -2.34. The Balaban J connectivity index is 5.18. The fraction of sp³-hybridized carbons (Fsp3) is 0.846. The molecule has 0 atom stereocenters. The molecule has 0 aromatic rings. The fourth-order valence-electron chi connectivity index (χ4n) is 1.93. The van der Waals surface area contributed by atoms with Crippen molar-refractivity contribution in [3.8, 4) is 0 Å². The highest BCUT2D eigenvalue weighted by Gasteiger charge is 2.48. The minimum absolute atomic E-state index is 0.212. The Labute approximate surface area is 104 Å². The van der Waals surface area contributed by atoms with Gasteiger partial charge in [-0.15, -0.1) is 0 Å². The lowest BCUT2D eigenvalue weighted by molar-refractivity contribution is -0.167. The summed E-state index contributed by atoms with van der Waals surface area (Å²) in [6.07, 6.45) is 1.09. The summed E-state index contributed by atoms with van der Waals surface area (Å²) in [6, 6.07) is 0. The van der Waals surface area contributed by atoms with Crippen molar-refractivity contribution in [2.45, 2.75) is 53.1 Å². The molecule has 0 aliphatic rings. The Morgan fingerprint density at radius 3 is 1.82 bits per heavy atom. The number of methoxy groups -OCH3 is 1. The van der Waals surface area contributed by atoms with Gasteiger partial charge in [-0.25, -0.2) is 0 Å². The van der Waals surface area contributed by atoms with Crippen LogP contribution in [-0.4, -0.2) is 31.1 Å². The molecule has 0 heterocycles. The lowest BCUT2D eigenvalue weighted by Crippen LogP contribution is -2.50. The van der Waals surface area contributed by atoms with Gasteiger partial charge in [-0.3, -0.25) is 9.59 Å². The number of rotatable bonds is 7. The quantitative estimate of drug-likeness (QED) is 0.509. The van der Waals surface area contributed by atoms with Gasteiger partial charge >= 0.3 is 5.97 Å². The van der Waals surface area contributed by atoms with E-state index in [1.54, 1.807) is 20.8 Å². The van der Waals surface area contributed by atoms with Crippen LogP contribution in [0.5, 0.6) is 0 Å². The topological polar surface area (TPSA) is 52.6 Å². The summed E-state index contributed by atoms with van der Waals surface area (Å²) in [6.45, 7) is 8.94. The Morgan fingerprint density at radius 1 is 1.06 bits per heavy atom. The van der Waals surface area contributed by atoms with Crippen LogP contribution in [0.1, 0.15) is 47.5 Å². The predicted molar refractivity (Wildman–Crippen MR) is 65.7 cm³/mol. The molecule has 0 N–H and O–H groups in total. The Hall–Kier alpha value is -0.900. The van der Waals surface area contributed by atoms with Crippen LogP contribution in [0.4, 0.5) is 0 Å². The van der Waals surface area contributed by atoms with Crippen LogP contribution in [0.25, 0.3) is 0 Å². The smallest absolute Gasteiger partial charge is 0.319 e. The molecule has 0 spiro atoms. The maximum atomic E-state index is 12.5. The number of ketones is 1. The predicted octanol–water partition coefficient (Wildman–Crippen LogP) is 2.35. The second kappa shape index (κ2) is 6.15. The molecule has 0 amide bonds. The Bertz CT molecular complexity index is 269. The summed E-state index contributed by atoms with van der Waals surface area (Å²) in [5, 5.41) is 0. The summed E-state index contributed by atoms with van der Waals surface area (Å²) >= 11 is 0. The van der Waals surface area contributed by atoms with Crippen molar-refractivity contribution in [2.24, 2.45) is 5.41 Å². The molecule has 0 aromatic carbocycles. The van der Waals surface area contributed by atoms with Crippen molar-refractivity contribution in [1.29, 1.82) is 0 Å². The van der Waals surface area contributed by atoms with Gasteiger partial charge in [0.05, 0.1) is 6.61 Å². The lowest BCUT2D eigenvalue weighted by atomic mass is 9.76. The van der Waals surface area contributed by atoms with Crippen LogP contribution >= 0.6 is 0 Å². The van der Waals surface area contributed by atoms with Crippen LogP contribution in [0.3, 0.4) is 0 Å². The number of carbonyl (C=O) groups excluding carboxylic acids is 2. The molecule has 0 fully saturated rings. The van der Waals surface area contributed by atoms with Crippen molar-refractivity contribution < 1.29 is 19.1 Å². The Kier molecular flexibility index (Phi) is 5.82. The fourth-order valence-corrected chi connectivity index (χ4v) is 1.93. The number of esters is 1. The highest BCUT2D eigenvalue weighted by molar-refractivity contribution is 6.07. The average Bonchev–Trinajstić information content (AvgIpc) is 2.32. The van der Waals surface area contributed by atoms with Crippen LogP contribution in [-0.2, 0) is 19.1 Å². The van der Waals surface area contributed by atoms with Crippen molar-refractivity contribution in [3.63, 3.8) is 0 Å². The maximum Gasteiger partial charge on any atom is 0.319 e. The first-order valence-corrected chi connectivity index (χ1v) is 6.09. The van der Waals surface area contributed by atoms with Gasteiger partial charge in [0.2, 0.25) is 0 Å². The summed E-state index contributed by atoms with van der Waals surface area (Å²) in [7, 11) is 1.51. The molecule has 0 saturated carbocycles. The van der Waals surface area contributed by atoms with Gasteiger partial charge in [0, 0.05) is 7.11 Å². The summed E-state index contributed by atoms with van der Waals surface area (Å²) in [5.74, 6) is -0.704. The van der Waals surface area contributed by atoms with Crippen LogP contribution in [0.15, 0.2) is 0 Å². The molecule has 0 rings (SSSR count). The van der Waals surface area contributed by atoms with E-state index in [0.717, 1.165) is 0 Å². The Morgan fingerprint density at radius 2 is 1.53 bits per heavy atom. The zero-order valence-electron chi connectivity index (χ0n) is 11.8. The summed E-state index contributed by atoms with van der Waals surface area (Å²) in [5.41, 5.74) is -2.06. The van der Waals surface area contributed by atoms with E-state index in [4.69, 9.17) is 9.47 Å². The molecule has 0 saturated heterocycles. The molecule has 17 heavy (non-hydrogen) atoms. The number of ether oxygens (including phenoxy) is 2. The molecular weight excluding hydrogens is 220 g/mol. The summed E-state index contributed by atoms with van der Waals surface area (Å²) in [4.78, 5) is 24.3. The molecule has 4 heteroatoms. The van der Waals surface area contributed by atoms with E-state index in [1.165, 1.54) is 7.11 Å². The first kappa shape index (κ1) is 16.1. The normalized spacial score (nSPS) is 12.4. The molecule has 0 aliphatic carbocycles.